The van der Waals surface area contributed by atoms with Crippen molar-refractivity contribution in [2.24, 2.45) is 0 Å². The summed E-state index contributed by atoms with van der Waals surface area (Å²) in [5.41, 5.74) is 0. The molecule has 0 spiro atoms. The maximum Gasteiger partial charge on any atom is 0.323 e. The number of hydrogen-bond donors (Lipinski definition) is 0. The second-order valence-corrected chi connectivity index (χ2v) is 5.31. The third-order valence-corrected chi connectivity index (χ3v) is 3.96. The molecule has 0 saturated carbocycles. The molecule has 1 heterocycles. The molecule has 1 rings (SSSR count). The van der Waals surface area contributed by atoms with Gasteiger partial charge in [-0.3, -0.25) is 0 Å². The van der Waals surface area contributed by atoms with Gasteiger partial charge in [0.1, 0.15) is 5.03 Å². The van der Waals surface area contributed by atoms with Gasteiger partial charge in [0.2, 0.25) is 0 Å². The van der Waals surface area contributed by atoms with Crippen LogP contribution in [0.3, 0.4) is 0 Å². The average Bonchev–Trinajstić information content (AvgIpc) is 2.51. The maximum atomic E-state index is 11.6. The van der Waals surface area contributed by atoms with Crippen LogP contribution in [0.5, 0.6) is 0 Å². The molecule has 0 aliphatic heterocycles. The Balaban J connectivity index is 3.22. The van der Waals surface area contributed by atoms with Crippen LogP contribution in [0.15, 0.2) is 17.3 Å². The number of aromatic nitrogens is 2. The maximum absolute atomic E-state index is 11.6. The Morgan fingerprint density at radius 3 is 2.62 bits per heavy atom. The minimum atomic E-state index is -3.46. The Kier molecular flexibility index (Phi) is 2.99. The summed E-state index contributed by atoms with van der Waals surface area (Å²) in [6.45, 7) is 0. The third kappa shape index (κ3) is 1.87. The van der Waals surface area contributed by atoms with Crippen molar-refractivity contribution in [3.8, 4) is 0 Å². The summed E-state index contributed by atoms with van der Waals surface area (Å²) >= 11 is 1.34. The normalized spacial score (nSPS) is 12.3. The quantitative estimate of drug-likeness (QED) is 0.687. The van der Waals surface area contributed by atoms with Gasteiger partial charge in [-0.25, -0.2) is 0 Å². The molecule has 0 atom stereocenters. The van der Waals surface area contributed by atoms with Crippen LogP contribution in [-0.4, -0.2) is 42.3 Å². The fourth-order valence-electron chi connectivity index (χ4n) is 0.752. The molecule has 0 aromatic carbocycles. The molecule has 0 bridgehead atoms. The van der Waals surface area contributed by atoms with Crippen molar-refractivity contribution >= 4 is 22.0 Å². The number of hydrogen-bond acceptors (Lipinski definition) is 4. The molecule has 13 heavy (non-hydrogen) atoms. The monoisotopic (exact) mass is 221 g/mol. The van der Waals surface area contributed by atoms with E-state index in [2.05, 4.69) is 5.10 Å². The molecule has 5 nitrogen and oxygen atoms in total. The second-order valence-electron chi connectivity index (χ2n) is 2.51. The van der Waals surface area contributed by atoms with Crippen LogP contribution in [0.2, 0.25) is 0 Å². The van der Waals surface area contributed by atoms with Gasteiger partial charge < -0.3 is 0 Å². The van der Waals surface area contributed by atoms with Gasteiger partial charge in [0, 0.05) is 14.1 Å². The summed E-state index contributed by atoms with van der Waals surface area (Å²) in [6, 6.07) is 1.66. The van der Waals surface area contributed by atoms with Crippen LogP contribution in [0.4, 0.5) is 0 Å². The van der Waals surface area contributed by atoms with Crippen LogP contribution in [0, 0.1) is 0 Å². The van der Waals surface area contributed by atoms with Crippen molar-refractivity contribution in [1.29, 1.82) is 0 Å². The summed E-state index contributed by atoms with van der Waals surface area (Å²) in [4.78, 5) is 0. The van der Waals surface area contributed by atoms with Gasteiger partial charge in [0.05, 0.1) is 6.20 Å². The Bertz CT molecular complexity index is 382. The number of thioether (sulfide) groups is 1. The molecule has 0 aliphatic rings. The summed E-state index contributed by atoms with van der Waals surface area (Å²) < 4.78 is 25.3. The molecular weight excluding hydrogens is 210 g/mol. The van der Waals surface area contributed by atoms with Crippen molar-refractivity contribution < 1.29 is 8.42 Å². The molecule has 7 heteroatoms. The predicted octanol–water partition coefficient (Wildman–Crippen LogP) is 0.260. The fraction of sp³-hybridized carbons (Fsp3) is 0.500. The SMILES string of the molecule is CSc1ccnn1S(=O)(=O)N(C)C. The van der Waals surface area contributed by atoms with Gasteiger partial charge in [0.25, 0.3) is 0 Å². The molecular formula is C6H11N3O2S2. The van der Waals surface area contributed by atoms with Gasteiger partial charge in [-0.1, -0.05) is 0 Å². The smallest absolute Gasteiger partial charge is 0.189 e. The van der Waals surface area contributed by atoms with Crippen molar-refractivity contribution in [1.82, 2.24) is 13.5 Å². The summed E-state index contributed by atoms with van der Waals surface area (Å²) in [5, 5.41) is 4.35. The van der Waals surface area contributed by atoms with E-state index < -0.39 is 10.2 Å². The van der Waals surface area contributed by atoms with E-state index in [0.29, 0.717) is 5.03 Å². The summed E-state index contributed by atoms with van der Waals surface area (Å²) in [6.07, 6.45) is 3.27. The molecule has 1 aromatic heterocycles. The molecule has 0 N–H and O–H groups in total. The first-order valence-corrected chi connectivity index (χ1v) is 6.13. The first-order chi connectivity index (χ1) is 6.00. The lowest BCUT2D eigenvalue weighted by Crippen LogP contribution is -2.30. The van der Waals surface area contributed by atoms with Crippen LogP contribution >= 0.6 is 11.8 Å². The lowest BCUT2D eigenvalue weighted by molar-refractivity contribution is 0.498. The second kappa shape index (κ2) is 3.69. The lowest BCUT2D eigenvalue weighted by Gasteiger charge is -2.12. The predicted molar refractivity (Wildman–Crippen MR) is 52.0 cm³/mol. The van der Waals surface area contributed by atoms with Gasteiger partial charge in [-0.05, 0) is 12.3 Å². The topological polar surface area (TPSA) is 55.2 Å². The number of nitrogens with zero attached hydrogens (tertiary/aromatic N) is 3. The first kappa shape index (κ1) is 10.6. The zero-order chi connectivity index (χ0) is 10.1. The van der Waals surface area contributed by atoms with E-state index >= 15 is 0 Å². The molecule has 0 aliphatic carbocycles. The zero-order valence-corrected chi connectivity index (χ0v) is 9.26. The lowest BCUT2D eigenvalue weighted by atomic mass is 10.8. The molecule has 0 saturated heterocycles. The van der Waals surface area contributed by atoms with E-state index in [1.807, 2.05) is 0 Å². The van der Waals surface area contributed by atoms with Crippen LogP contribution in [0.25, 0.3) is 0 Å². The largest absolute Gasteiger partial charge is 0.323 e. The van der Waals surface area contributed by atoms with Gasteiger partial charge in [-0.2, -0.15) is 17.8 Å². The highest BCUT2D eigenvalue weighted by Crippen LogP contribution is 2.16. The van der Waals surface area contributed by atoms with Crippen molar-refractivity contribution in [2.45, 2.75) is 5.03 Å². The van der Waals surface area contributed by atoms with Gasteiger partial charge in [-0.15, -0.1) is 15.8 Å². The minimum absolute atomic E-state index is 0.605. The molecule has 1 aromatic rings. The minimum Gasteiger partial charge on any atom is -0.189 e. The van der Waals surface area contributed by atoms with E-state index in [1.165, 1.54) is 32.1 Å². The van der Waals surface area contributed by atoms with Crippen LogP contribution in [0.1, 0.15) is 0 Å². The third-order valence-electron chi connectivity index (χ3n) is 1.47. The van der Waals surface area contributed by atoms with Crippen LogP contribution < -0.4 is 0 Å². The van der Waals surface area contributed by atoms with Gasteiger partial charge >= 0.3 is 10.2 Å². The fourth-order valence-corrected chi connectivity index (χ4v) is 2.43. The standard InChI is InChI=1S/C6H11N3O2S2/c1-8(2)13(10,11)9-6(12-3)4-5-7-9/h4-5H,1-3H3. The molecule has 0 fully saturated rings. The van der Waals surface area contributed by atoms with E-state index in [0.717, 1.165) is 8.39 Å². The highest BCUT2D eigenvalue weighted by molar-refractivity contribution is 7.99. The highest BCUT2D eigenvalue weighted by Gasteiger charge is 2.19. The number of rotatable bonds is 3. The van der Waals surface area contributed by atoms with Crippen LogP contribution in [-0.2, 0) is 10.2 Å². The van der Waals surface area contributed by atoms with E-state index in [-0.39, 0.29) is 0 Å². The molecule has 74 valence electrons. The molecule has 0 radical (unpaired) electrons. The Labute approximate surface area is 81.9 Å². The molecule has 0 unspecified atom stereocenters. The molecule has 0 amide bonds. The van der Waals surface area contributed by atoms with Crippen molar-refractivity contribution in [2.75, 3.05) is 20.4 Å². The van der Waals surface area contributed by atoms with Crippen molar-refractivity contribution in [3.05, 3.63) is 12.3 Å². The zero-order valence-electron chi connectivity index (χ0n) is 7.63. The first-order valence-electron chi connectivity index (χ1n) is 3.51. The van der Waals surface area contributed by atoms with E-state index in [9.17, 15) is 8.42 Å². The van der Waals surface area contributed by atoms with E-state index in [1.54, 1.807) is 12.3 Å². The Morgan fingerprint density at radius 2 is 2.15 bits per heavy atom. The Morgan fingerprint density at radius 1 is 1.54 bits per heavy atom. The van der Waals surface area contributed by atoms with E-state index in [4.69, 9.17) is 0 Å². The highest BCUT2D eigenvalue weighted by atomic mass is 32.2. The van der Waals surface area contributed by atoms with Crippen molar-refractivity contribution in [3.63, 3.8) is 0 Å². The average molecular weight is 221 g/mol. The summed E-state index contributed by atoms with van der Waals surface area (Å²) in [7, 11) is -0.512. The Hall–Kier alpha value is -0.530. The van der Waals surface area contributed by atoms with Gasteiger partial charge in [0.15, 0.2) is 0 Å². The summed E-state index contributed by atoms with van der Waals surface area (Å²) in [5.74, 6) is 0.